The molecule has 0 N–H and O–H groups in total. The first kappa shape index (κ1) is 14.3. The minimum atomic E-state index is 0.248. The third-order valence-electron chi connectivity index (χ3n) is 4.07. The zero-order valence-corrected chi connectivity index (χ0v) is 12.9. The minimum Gasteiger partial charge on any atom is -0.0651 e. The Bertz CT molecular complexity index is 417. The smallest absolute Gasteiger partial charge is 0.0126 e. The van der Waals surface area contributed by atoms with Crippen LogP contribution in [0.4, 0.5) is 0 Å². The van der Waals surface area contributed by atoms with Crippen LogP contribution in [0.3, 0.4) is 0 Å². The molecule has 96 valence electrons. The van der Waals surface area contributed by atoms with Crippen molar-refractivity contribution in [3.05, 3.63) is 33.4 Å². The fourth-order valence-corrected chi connectivity index (χ4v) is 2.97. The molecule has 0 fully saturated rings. The van der Waals surface area contributed by atoms with Crippen molar-refractivity contribution in [3.63, 3.8) is 0 Å². The van der Waals surface area contributed by atoms with Gasteiger partial charge in [-0.3, -0.25) is 0 Å². The van der Waals surface area contributed by atoms with E-state index in [2.05, 4.69) is 55.4 Å². The molecule has 17 heavy (non-hydrogen) atoms. The highest BCUT2D eigenvalue weighted by atomic mass is 14.3. The van der Waals surface area contributed by atoms with E-state index < -0.39 is 0 Å². The lowest BCUT2D eigenvalue weighted by atomic mass is 9.75. The highest BCUT2D eigenvalue weighted by molar-refractivity contribution is 5.52. The maximum Gasteiger partial charge on any atom is -0.0126 e. The molecule has 0 heterocycles. The lowest BCUT2D eigenvalue weighted by molar-refractivity contribution is 0.574. The van der Waals surface area contributed by atoms with Crippen molar-refractivity contribution in [1.82, 2.24) is 0 Å². The molecule has 0 atom stereocenters. The molecule has 1 aromatic rings. The summed E-state index contributed by atoms with van der Waals surface area (Å²) in [6.45, 7) is 18.4. The zero-order valence-electron chi connectivity index (χ0n) is 12.9. The molecule has 0 saturated carbocycles. The molecule has 0 aromatic heterocycles. The Morgan fingerprint density at radius 1 is 0.765 bits per heavy atom. The van der Waals surface area contributed by atoms with Gasteiger partial charge in [-0.25, -0.2) is 0 Å². The summed E-state index contributed by atoms with van der Waals surface area (Å²) in [5.74, 6) is 0. The van der Waals surface area contributed by atoms with Crippen LogP contribution in [0.5, 0.6) is 0 Å². The first-order chi connectivity index (χ1) is 7.71. The summed E-state index contributed by atoms with van der Waals surface area (Å²) in [5.41, 5.74) is 9.41. The van der Waals surface area contributed by atoms with Crippen molar-refractivity contribution >= 4 is 0 Å². The van der Waals surface area contributed by atoms with Crippen molar-refractivity contribution in [1.29, 1.82) is 0 Å². The lowest BCUT2D eigenvalue weighted by Crippen LogP contribution is -2.19. The first-order valence-corrected chi connectivity index (χ1v) is 6.81. The van der Waals surface area contributed by atoms with Gasteiger partial charge in [-0.1, -0.05) is 34.1 Å². The summed E-state index contributed by atoms with van der Waals surface area (Å²) >= 11 is 0. The monoisotopic (exact) mass is 232 g/mol. The van der Waals surface area contributed by atoms with Crippen molar-refractivity contribution in [2.45, 2.75) is 73.6 Å². The fraction of sp³-hybridized carbons (Fsp3) is 0.647. The molecule has 0 unspecified atom stereocenters. The van der Waals surface area contributed by atoms with Crippen molar-refractivity contribution in [3.8, 4) is 0 Å². The van der Waals surface area contributed by atoms with E-state index >= 15 is 0 Å². The molecular formula is C17H28. The molecule has 0 nitrogen and oxygen atoms in total. The number of benzene rings is 1. The Kier molecular flexibility index (Phi) is 4.06. The normalized spacial score (nSPS) is 12.0. The van der Waals surface area contributed by atoms with Gasteiger partial charge >= 0.3 is 0 Å². The van der Waals surface area contributed by atoms with Crippen LogP contribution in [0.1, 0.15) is 67.5 Å². The molecular weight excluding hydrogens is 204 g/mol. The summed E-state index contributed by atoms with van der Waals surface area (Å²) in [4.78, 5) is 0. The molecule has 0 aliphatic heterocycles. The van der Waals surface area contributed by atoms with E-state index in [9.17, 15) is 0 Å². The Balaban J connectivity index is 3.66. The lowest BCUT2D eigenvalue weighted by Gasteiger charge is -2.29. The van der Waals surface area contributed by atoms with Gasteiger partial charge in [-0.15, -0.1) is 0 Å². The summed E-state index contributed by atoms with van der Waals surface area (Å²) in [6.07, 6.45) is 2.44. The second-order valence-corrected chi connectivity index (χ2v) is 6.35. The molecule has 0 spiro atoms. The van der Waals surface area contributed by atoms with E-state index in [-0.39, 0.29) is 5.41 Å². The van der Waals surface area contributed by atoms with E-state index in [1.165, 1.54) is 35.1 Å². The maximum atomic E-state index is 2.34. The summed E-state index contributed by atoms with van der Waals surface area (Å²) in [7, 11) is 0. The van der Waals surface area contributed by atoms with Crippen molar-refractivity contribution < 1.29 is 0 Å². The Morgan fingerprint density at radius 3 is 1.65 bits per heavy atom. The van der Waals surface area contributed by atoms with Crippen LogP contribution in [0.25, 0.3) is 0 Å². The molecule has 0 aliphatic rings. The molecule has 0 heteroatoms. The number of hydrogen-bond acceptors (Lipinski definition) is 0. The predicted octanol–water partition coefficient (Wildman–Crippen LogP) is 5.17. The topological polar surface area (TPSA) is 0 Å². The quantitative estimate of drug-likeness (QED) is 0.660. The third-order valence-corrected chi connectivity index (χ3v) is 4.07. The second-order valence-electron chi connectivity index (χ2n) is 6.35. The molecule has 0 bridgehead atoms. The summed E-state index contributed by atoms with van der Waals surface area (Å²) in [5, 5.41) is 0. The van der Waals surface area contributed by atoms with Crippen LogP contribution >= 0.6 is 0 Å². The average Bonchev–Trinajstić information content (AvgIpc) is 2.21. The average molecular weight is 232 g/mol. The van der Waals surface area contributed by atoms with Crippen LogP contribution in [-0.4, -0.2) is 0 Å². The van der Waals surface area contributed by atoms with Gasteiger partial charge in [-0.2, -0.15) is 0 Å². The Morgan fingerprint density at radius 2 is 1.24 bits per heavy atom. The van der Waals surface area contributed by atoms with Crippen molar-refractivity contribution in [2.24, 2.45) is 0 Å². The Hall–Kier alpha value is -0.780. The summed E-state index contributed by atoms with van der Waals surface area (Å²) in [6, 6.07) is 0. The zero-order chi connectivity index (χ0) is 13.4. The van der Waals surface area contributed by atoms with Crippen molar-refractivity contribution in [2.75, 3.05) is 0 Å². The molecule has 0 aliphatic carbocycles. The SMILES string of the molecule is CCCc1c(C)c(C)c(C)c(C)c1C(C)(C)C. The first-order valence-electron chi connectivity index (χ1n) is 6.81. The second kappa shape index (κ2) is 4.84. The van der Waals surface area contributed by atoms with Crippen LogP contribution in [0.2, 0.25) is 0 Å². The van der Waals surface area contributed by atoms with Crippen LogP contribution in [0.15, 0.2) is 0 Å². The predicted molar refractivity (Wildman–Crippen MR) is 78.1 cm³/mol. The van der Waals surface area contributed by atoms with E-state index in [1.54, 1.807) is 11.1 Å². The Labute approximate surface area is 107 Å². The summed E-state index contributed by atoms with van der Waals surface area (Å²) < 4.78 is 0. The standard InChI is InChI=1S/C17H28/c1-9-10-15-13(4)11(2)12(3)14(5)16(15)17(6,7)8/h9-10H2,1-8H3. The maximum absolute atomic E-state index is 2.34. The van der Waals surface area contributed by atoms with E-state index in [0.717, 1.165) is 0 Å². The highest BCUT2D eigenvalue weighted by Gasteiger charge is 2.23. The van der Waals surface area contributed by atoms with Gasteiger partial charge < -0.3 is 0 Å². The highest BCUT2D eigenvalue weighted by Crippen LogP contribution is 2.35. The molecule has 1 aromatic carbocycles. The van der Waals surface area contributed by atoms with Gasteiger partial charge in [0, 0.05) is 0 Å². The number of rotatable bonds is 2. The van der Waals surface area contributed by atoms with Crippen LogP contribution in [0, 0.1) is 27.7 Å². The van der Waals surface area contributed by atoms with Gasteiger partial charge in [0.2, 0.25) is 0 Å². The van der Waals surface area contributed by atoms with Gasteiger partial charge in [0.15, 0.2) is 0 Å². The van der Waals surface area contributed by atoms with E-state index in [1.807, 2.05) is 0 Å². The fourth-order valence-electron chi connectivity index (χ4n) is 2.97. The van der Waals surface area contributed by atoms with Gasteiger partial charge in [0.1, 0.15) is 0 Å². The third kappa shape index (κ3) is 2.56. The van der Waals surface area contributed by atoms with Gasteiger partial charge in [0.25, 0.3) is 0 Å². The van der Waals surface area contributed by atoms with Crippen LogP contribution < -0.4 is 0 Å². The van der Waals surface area contributed by atoms with E-state index in [0.29, 0.717) is 0 Å². The van der Waals surface area contributed by atoms with E-state index in [4.69, 9.17) is 0 Å². The molecule has 1 rings (SSSR count). The van der Waals surface area contributed by atoms with Gasteiger partial charge in [-0.05, 0) is 72.9 Å². The molecule has 0 amide bonds. The largest absolute Gasteiger partial charge is 0.0651 e. The molecule has 0 saturated heterocycles. The number of hydrogen-bond donors (Lipinski definition) is 0. The minimum absolute atomic E-state index is 0.248. The van der Waals surface area contributed by atoms with Crippen LogP contribution in [-0.2, 0) is 11.8 Å². The van der Waals surface area contributed by atoms with Gasteiger partial charge in [0.05, 0.1) is 0 Å². The molecule has 0 radical (unpaired) electrons.